The first-order valence-corrected chi connectivity index (χ1v) is 3.64. The van der Waals surface area contributed by atoms with Crippen molar-refractivity contribution in [2.75, 3.05) is 7.11 Å². The largest absolute Gasteiger partial charge is 0.327 e. The van der Waals surface area contributed by atoms with Gasteiger partial charge in [-0.3, -0.25) is 9.63 Å². The molecule has 1 aromatic rings. The summed E-state index contributed by atoms with van der Waals surface area (Å²) >= 11 is 0. The summed E-state index contributed by atoms with van der Waals surface area (Å²) in [6, 6.07) is 0. The summed E-state index contributed by atoms with van der Waals surface area (Å²) in [5, 5.41) is 0. The Hall–Kier alpha value is -1.36. The molecule has 0 aliphatic rings. The van der Waals surface area contributed by atoms with Gasteiger partial charge in [0.2, 0.25) is 5.82 Å². The van der Waals surface area contributed by atoms with Crippen molar-refractivity contribution < 1.29 is 9.63 Å². The van der Waals surface area contributed by atoms with Crippen LogP contribution in [0.4, 0.5) is 0 Å². The van der Waals surface area contributed by atoms with Crippen LogP contribution in [-0.4, -0.2) is 22.6 Å². The number of hydrogen-bond donors (Lipinski definition) is 1. The lowest BCUT2D eigenvalue weighted by molar-refractivity contribution is 0.0522. The van der Waals surface area contributed by atoms with E-state index in [4.69, 9.17) is 0 Å². The topological polar surface area (TPSA) is 56.2 Å². The Morgan fingerprint density at radius 1 is 1.83 bits per heavy atom. The van der Waals surface area contributed by atoms with E-state index in [9.17, 15) is 4.79 Å². The van der Waals surface area contributed by atoms with Crippen LogP contribution in [0.5, 0.6) is 0 Å². The molecule has 1 heterocycles. The fourth-order valence-corrected chi connectivity index (χ4v) is 0.912. The molecule has 1 amide bonds. The van der Waals surface area contributed by atoms with Crippen LogP contribution in [-0.2, 0) is 11.4 Å². The molecule has 1 rings (SSSR count). The fourth-order valence-electron chi connectivity index (χ4n) is 0.912. The first-order valence-electron chi connectivity index (χ1n) is 3.64. The highest BCUT2D eigenvalue weighted by molar-refractivity contribution is 5.89. The summed E-state index contributed by atoms with van der Waals surface area (Å²) in [5.41, 5.74) is 2.20. The lowest BCUT2D eigenvalue weighted by Gasteiger charge is -2.03. The van der Waals surface area contributed by atoms with E-state index in [0.717, 1.165) is 0 Å². The Balaban J connectivity index is 2.79. The van der Waals surface area contributed by atoms with E-state index in [2.05, 4.69) is 15.3 Å². The zero-order valence-corrected chi connectivity index (χ0v) is 7.07. The number of amides is 1. The van der Waals surface area contributed by atoms with E-state index < -0.39 is 0 Å². The molecule has 0 saturated carbocycles. The Morgan fingerprint density at radius 3 is 3.17 bits per heavy atom. The van der Waals surface area contributed by atoms with E-state index in [-0.39, 0.29) is 5.91 Å². The summed E-state index contributed by atoms with van der Waals surface area (Å²) in [6.45, 7) is 2.65. The number of carbonyl (C=O) groups excluding carboxylic acids is 1. The number of hydrogen-bond acceptors (Lipinski definition) is 3. The van der Waals surface area contributed by atoms with Crippen molar-refractivity contribution in [2.24, 2.45) is 0 Å². The maximum atomic E-state index is 11.2. The van der Waals surface area contributed by atoms with Gasteiger partial charge in [-0.05, 0) is 6.92 Å². The molecule has 0 bridgehead atoms. The monoisotopic (exact) mass is 169 g/mol. The van der Waals surface area contributed by atoms with Crippen molar-refractivity contribution in [1.82, 2.24) is 15.0 Å². The van der Waals surface area contributed by atoms with Crippen molar-refractivity contribution in [3.05, 3.63) is 18.2 Å². The van der Waals surface area contributed by atoms with Crippen LogP contribution < -0.4 is 5.48 Å². The molecular weight excluding hydrogens is 158 g/mol. The minimum absolute atomic E-state index is 0.329. The molecule has 0 saturated heterocycles. The maximum absolute atomic E-state index is 11.2. The Bertz CT molecular complexity index is 269. The first-order chi connectivity index (χ1) is 5.79. The quantitative estimate of drug-likeness (QED) is 0.657. The molecule has 0 aliphatic heterocycles. The molecule has 0 unspecified atom stereocenters. The third-order valence-electron chi connectivity index (χ3n) is 1.45. The zero-order valence-electron chi connectivity index (χ0n) is 7.07. The third kappa shape index (κ3) is 1.62. The highest BCUT2D eigenvalue weighted by Crippen LogP contribution is 1.96. The molecule has 0 radical (unpaired) electrons. The average molecular weight is 169 g/mol. The predicted octanol–water partition coefficient (Wildman–Crippen LogP) is 0.194. The highest BCUT2D eigenvalue weighted by Gasteiger charge is 2.10. The van der Waals surface area contributed by atoms with Crippen molar-refractivity contribution in [3.8, 4) is 0 Å². The van der Waals surface area contributed by atoms with Gasteiger partial charge in [0.05, 0.1) is 7.11 Å². The predicted molar refractivity (Wildman–Crippen MR) is 42.4 cm³/mol. The lowest BCUT2D eigenvalue weighted by Crippen LogP contribution is -2.25. The van der Waals surface area contributed by atoms with Crippen LogP contribution in [0.15, 0.2) is 12.4 Å². The van der Waals surface area contributed by atoms with Crippen LogP contribution in [0.25, 0.3) is 0 Å². The van der Waals surface area contributed by atoms with Gasteiger partial charge >= 0.3 is 5.91 Å². The van der Waals surface area contributed by atoms with Crippen LogP contribution in [0, 0.1) is 0 Å². The lowest BCUT2D eigenvalue weighted by atomic mass is 10.5. The van der Waals surface area contributed by atoms with Gasteiger partial charge in [0.15, 0.2) is 0 Å². The smallest absolute Gasteiger partial charge is 0.310 e. The minimum Gasteiger partial charge on any atom is -0.327 e. The van der Waals surface area contributed by atoms with Gasteiger partial charge in [-0.2, -0.15) is 0 Å². The number of nitrogens with one attached hydrogen (secondary N) is 1. The highest BCUT2D eigenvalue weighted by atomic mass is 16.6. The molecule has 66 valence electrons. The normalized spacial score (nSPS) is 9.83. The van der Waals surface area contributed by atoms with Crippen LogP contribution in [0.3, 0.4) is 0 Å². The summed E-state index contributed by atoms with van der Waals surface area (Å²) < 4.78 is 1.73. The summed E-state index contributed by atoms with van der Waals surface area (Å²) in [4.78, 5) is 19.5. The Labute approximate surface area is 70.3 Å². The number of carbonyl (C=O) groups is 1. The molecule has 0 fully saturated rings. The molecule has 0 aliphatic carbocycles. The second kappa shape index (κ2) is 3.87. The van der Waals surface area contributed by atoms with Gasteiger partial charge < -0.3 is 4.57 Å². The molecule has 5 heteroatoms. The summed E-state index contributed by atoms with van der Waals surface area (Å²) in [5.74, 6) is 0.0312. The van der Waals surface area contributed by atoms with E-state index >= 15 is 0 Å². The molecule has 1 aromatic heterocycles. The van der Waals surface area contributed by atoms with Gasteiger partial charge in [0, 0.05) is 18.9 Å². The fraction of sp³-hybridized carbons (Fsp3) is 0.429. The molecule has 1 N–H and O–H groups in total. The second-order valence-corrected chi connectivity index (χ2v) is 2.17. The molecule has 0 aromatic carbocycles. The second-order valence-electron chi connectivity index (χ2n) is 2.17. The van der Waals surface area contributed by atoms with Crippen molar-refractivity contribution in [2.45, 2.75) is 13.5 Å². The van der Waals surface area contributed by atoms with E-state index in [0.29, 0.717) is 12.4 Å². The van der Waals surface area contributed by atoms with Crippen molar-refractivity contribution >= 4 is 5.91 Å². The Morgan fingerprint density at radius 2 is 2.58 bits per heavy atom. The number of hydroxylamine groups is 1. The number of aromatic nitrogens is 2. The average Bonchev–Trinajstić information content (AvgIpc) is 2.51. The standard InChI is InChI=1S/C7H11N3O2/c1-3-10-5-4-8-6(10)7(11)9-12-2/h4-5H,3H2,1-2H3,(H,9,11). The van der Waals surface area contributed by atoms with Gasteiger partial charge in [0.25, 0.3) is 0 Å². The van der Waals surface area contributed by atoms with Crippen LogP contribution in [0.1, 0.15) is 17.5 Å². The molecule has 0 spiro atoms. The summed E-state index contributed by atoms with van der Waals surface area (Å²) in [6.07, 6.45) is 3.32. The van der Waals surface area contributed by atoms with E-state index in [1.807, 2.05) is 6.92 Å². The minimum atomic E-state index is -0.329. The van der Waals surface area contributed by atoms with Crippen molar-refractivity contribution in [3.63, 3.8) is 0 Å². The Kier molecular flexibility index (Phi) is 2.82. The number of rotatable bonds is 3. The van der Waals surface area contributed by atoms with E-state index in [1.165, 1.54) is 7.11 Å². The van der Waals surface area contributed by atoms with Gasteiger partial charge in [0.1, 0.15) is 0 Å². The van der Waals surface area contributed by atoms with Crippen molar-refractivity contribution in [1.29, 1.82) is 0 Å². The molecular formula is C7H11N3O2. The number of nitrogens with zero attached hydrogens (tertiary/aromatic N) is 2. The van der Waals surface area contributed by atoms with Gasteiger partial charge in [-0.1, -0.05) is 0 Å². The third-order valence-corrected chi connectivity index (χ3v) is 1.45. The first kappa shape index (κ1) is 8.73. The molecule has 5 nitrogen and oxygen atoms in total. The van der Waals surface area contributed by atoms with Crippen LogP contribution >= 0.6 is 0 Å². The SMILES string of the molecule is CCn1ccnc1C(=O)NOC. The van der Waals surface area contributed by atoms with E-state index in [1.54, 1.807) is 17.0 Å². The van der Waals surface area contributed by atoms with Gasteiger partial charge in [-0.25, -0.2) is 10.5 Å². The maximum Gasteiger partial charge on any atom is 0.310 e. The van der Waals surface area contributed by atoms with Crippen LogP contribution in [0.2, 0.25) is 0 Å². The molecule has 12 heavy (non-hydrogen) atoms. The molecule has 0 atom stereocenters. The van der Waals surface area contributed by atoms with Gasteiger partial charge in [-0.15, -0.1) is 0 Å². The summed E-state index contributed by atoms with van der Waals surface area (Å²) in [7, 11) is 1.39. The zero-order chi connectivity index (χ0) is 8.97. The number of imidazole rings is 1. The number of aryl methyl sites for hydroxylation is 1.